The number of unbranched alkanes of at least 4 members (excludes halogenated alkanes) is 1. The number of nitrogens with zero attached hydrogens (tertiary/aromatic N) is 2. The zero-order valence-corrected chi connectivity index (χ0v) is 10.7. The van der Waals surface area contributed by atoms with Crippen molar-refractivity contribution in [3.8, 4) is 0 Å². The highest BCUT2D eigenvalue weighted by molar-refractivity contribution is 7.86. The van der Waals surface area contributed by atoms with Gasteiger partial charge >= 0.3 is 0 Å². The van der Waals surface area contributed by atoms with Gasteiger partial charge in [-0.2, -0.15) is 12.7 Å². The summed E-state index contributed by atoms with van der Waals surface area (Å²) in [6, 6.07) is 0. The zero-order valence-electron chi connectivity index (χ0n) is 9.84. The molecule has 7 nitrogen and oxygen atoms in total. The van der Waals surface area contributed by atoms with Crippen LogP contribution in [0, 0.1) is 0 Å². The van der Waals surface area contributed by atoms with Crippen LogP contribution in [0.25, 0.3) is 0 Å². The molecule has 0 aliphatic carbocycles. The molecule has 0 aromatic heterocycles. The predicted octanol–water partition coefficient (Wildman–Crippen LogP) is -1.54. The minimum absolute atomic E-state index is 0.0625. The van der Waals surface area contributed by atoms with Gasteiger partial charge in [0.05, 0.1) is 0 Å². The molecule has 0 spiro atoms. The summed E-state index contributed by atoms with van der Waals surface area (Å²) >= 11 is 0. The van der Waals surface area contributed by atoms with Gasteiger partial charge in [-0.1, -0.05) is 0 Å². The monoisotopic (exact) mass is 264 g/mol. The van der Waals surface area contributed by atoms with Gasteiger partial charge in [0.2, 0.25) is 5.91 Å². The maximum Gasteiger partial charge on any atom is 0.277 e. The predicted molar refractivity (Wildman–Crippen MR) is 64.2 cm³/mol. The van der Waals surface area contributed by atoms with Gasteiger partial charge in [-0.05, 0) is 19.4 Å². The maximum atomic E-state index is 11.7. The first kappa shape index (κ1) is 14.4. The van der Waals surface area contributed by atoms with Crippen molar-refractivity contribution in [2.75, 3.05) is 32.7 Å². The molecule has 0 bridgehead atoms. The Balaban J connectivity index is 2.34. The Morgan fingerprint density at radius 1 is 1.12 bits per heavy atom. The van der Waals surface area contributed by atoms with E-state index in [1.807, 2.05) is 0 Å². The van der Waals surface area contributed by atoms with Crippen LogP contribution in [0.4, 0.5) is 0 Å². The molecule has 1 rings (SSSR count). The Labute approximate surface area is 102 Å². The van der Waals surface area contributed by atoms with Crippen molar-refractivity contribution >= 4 is 16.1 Å². The quantitative estimate of drug-likeness (QED) is 0.586. The van der Waals surface area contributed by atoms with Crippen molar-refractivity contribution < 1.29 is 13.2 Å². The van der Waals surface area contributed by atoms with Crippen LogP contribution in [0.1, 0.15) is 19.3 Å². The molecule has 0 aromatic carbocycles. The van der Waals surface area contributed by atoms with Crippen molar-refractivity contribution in [1.29, 1.82) is 0 Å². The highest BCUT2D eigenvalue weighted by atomic mass is 32.2. The summed E-state index contributed by atoms with van der Waals surface area (Å²) in [4.78, 5) is 13.4. The lowest BCUT2D eigenvalue weighted by atomic mass is 10.2. The molecule has 1 fully saturated rings. The van der Waals surface area contributed by atoms with Crippen molar-refractivity contribution in [2.45, 2.75) is 19.3 Å². The first-order chi connectivity index (χ1) is 7.95. The van der Waals surface area contributed by atoms with E-state index in [4.69, 9.17) is 10.9 Å². The third kappa shape index (κ3) is 4.58. The first-order valence-electron chi connectivity index (χ1n) is 5.71. The Bertz CT molecular complexity index is 349. The summed E-state index contributed by atoms with van der Waals surface area (Å²) in [5.74, 6) is 0.0625. The average molecular weight is 264 g/mol. The van der Waals surface area contributed by atoms with Gasteiger partial charge in [-0.3, -0.25) is 4.79 Å². The second kappa shape index (κ2) is 6.29. The molecule has 1 aliphatic heterocycles. The number of hydrogen-bond donors (Lipinski definition) is 2. The number of hydrogen-bond acceptors (Lipinski definition) is 4. The second-order valence-corrected chi connectivity index (χ2v) is 5.62. The van der Waals surface area contributed by atoms with Crippen LogP contribution in [0.3, 0.4) is 0 Å². The van der Waals surface area contributed by atoms with Gasteiger partial charge in [-0.15, -0.1) is 0 Å². The average Bonchev–Trinajstić information content (AvgIpc) is 2.28. The molecule has 0 radical (unpaired) electrons. The van der Waals surface area contributed by atoms with Crippen LogP contribution < -0.4 is 10.9 Å². The Morgan fingerprint density at radius 3 is 2.18 bits per heavy atom. The van der Waals surface area contributed by atoms with E-state index in [2.05, 4.69) is 0 Å². The van der Waals surface area contributed by atoms with E-state index in [1.54, 1.807) is 4.90 Å². The first-order valence-corrected chi connectivity index (χ1v) is 7.21. The Hall–Kier alpha value is -0.700. The van der Waals surface area contributed by atoms with E-state index in [1.165, 1.54) is 4.31 Å². The lowest BCUT2D eigenvalue weighted by Gasteiger charge is -2.33. The van der Waals surface area contributed by atoms with E-state index >= 15 is 0 Å². The normalized spacial score (nSPS) is 18.4. The molecule has 100 valence electrons. The van der Waals surface area contributed by atoms with Crippen molar-refractivity contribution in [1.82, 2.24) is 9.21 Å². The lowest BCUT2D eigenvalue weighted by molar-refractivity contribution is -0.132. The van der Waals surface area contributed by atoms with E-state index < -0.39 is 10.2 Å². The summed E-state index contributed by atoms with van der Waals surface area (Å²) in [6.45, 7) is 1.98. The fraction of sp³-hybridized carbons (Fsp3) is 0.889. The molecular formula is C9H20N4O3S. The van der Waals surface area contributed by atoms with Gasteiger partial charge in [-0.25, -0.2) is 5.14 Å². The SMILES string of the molecule is NCCCCC(=O)N1CCN(S(N)(=O)=O)CC1. The zero-order chi connectivity index (χ0) is 12.9. The molecule has 4 N–H and O–H groups in total. The number of carbonyl (C=O) groups is 1. The molecule has 0 aromatic rings. The minimum Gasteiger partial charge on any atom is -0.340 e. The number of amides is 1. The molecule has 1 heterocycles. The smallest absolute Gasteiger partial charge is 0.277 e. The third-order valence-corrected chi connectivity index (χ3v) is 3.88. The van der Waals surface area contributed by atoms with Gasteiger partial charge in [0.15, 0.2) is 0 Å². The number of rotatable bonds is 5. The number of carbonyl (C=O) groups excluding carboxylic acids is 1. The van der Waals surface area contributed by atoms with Gasteiger partial charge in [0.1, 0.15) is 0 Å². The molecule has 1 amide bonds. The highest BCUT2D eigenvalue weighted by Gasteiger charge is 2.25. The maximum absolute atomic E-state index is 11.7. The molecule has 0 saturated carbocycles. The third-order valence-electron chi connectivity index (χ3n) is 2.80. The van der Waals surface area contributed by atoms with E-state index in [-0.39, 0.29) is 19.0 Å². The summed E-state index contributed by atoms with van der Waals surface area (Å²) in [5, 5.41) is 5.01. The van der Waals surface area contributed by atoms with Crippen LogP contribution in [-0.2, 0) is 15.0 Å². The Kier molecular flexibility index (Phi) is 5.31. The topological polar surface area (TPSA) is 110 Å². The molecular weight excluding hydrogens is 244 g/mol. The highest BCUT2D eigenvalue weighted by Crippen LogP contribution is 2.07. The van der Waals surface area contributed by atoms with Crippen molar-refractivity contribution in [3.63, 3.8) is 0 Å². The molecule has 8 heteroatoms. The fourth-order valence-electron chi connectivity index (χ4n) is 1.77. The second-order valence-electron chi connectivity index (χ2n) is 4.07. The number of nitrogens with two attached hydrogens (primary N) is 2. The minimum atomic E-state index is -3.62. The fourth-order valence-corrected chi connectivity index (χ4v) is 2.44. The standard InChI is InChI=1S/C9H20N4O3S/c10-4-2-1-3-9(14)12-5-7-13(8-6-12)17(11,15)16/h1-8,10H2,(H2,11,15,16). The van der Waals surface area contributed by atoms with E-state index in [9.17, 15) is 13.2 Å². The van der Waals surface area contributed by atoms with Crippen molar-refractivity contribution in [3.05, 3.63) is 0 Å². The van der Waals surface area contributed by atoms with Crippen molar-refractivity contribution in [2.24, 2.45) is 10.9 Å². The summed E-state index contributed by atoms with van der Waals surface area (Å²) in [6.07, 6.45) is 2.10. The van der Waals surface area contributed by atoms with Crippen LogP contribution >= 0.6 is 0 Å². The Morgan fingerprint density at radius 2 is 1.71 bits per heavy atom. The lowest BCUT2D eigenvalue weighted by Crippen LogP contribution is -2.52. The summed E-state index contributed by atoms with van der Waals surface area (Å²) in [7, 11) is -3.62. The molecule has 17 heavy (non-hydrogen) atoms. The molecule has 0 unspecified atom stereocenters. The van der Waals surface area contributed by atoms with E-state index in [0.717, 1.165) is 12.8 Å². The summed E-state index contributed by atoms with van der Waals surface area (Å²) < 4.78 is 23.3. The van der Waals surface area contributed by atoms with Crippen LogP contribution in [0.5, 0.6) is 0 Å². The van der Waals surface area contributed by atoms with Crippen LogP contribution in [0.15, 0.2) is 0 Å². The van der Waals surface area contributed by atoms with Gasteiger partial charge < -0.3 is 10.6 Å². The van der Waals surface area contributed by atoms with Gasteiger partial charge in [0, 0.05) is 32.6 Å². The molecule has 1 saturated heterocycles. The van der Waals surface area contributed by atoms with Crippen LogP contribution in [0.2, 0.25) is 0 Å². The number of piperazine rings is 1. The van der Waals surface area contributed by atoms with E-state index in [0.29, 0.717) is 26.1 Å². The molecule has 0 atom stereocenters. The largest absolute Gasteiger partial charge is 0.340 e. The van der Waals surface area contributed by atoms with Gasteiger partial charge in [0.25, 0.3) is 10.2 Å². The van der Waals surface area contributed by atoms with Crippen LogP contribution in [-0.4, -0.2) is 56.3 Å². The summed E-state index contributed by atoms with van der Waals surface area (Å²) in [5.41, 5.74) is 5.35. The molecule has 1 aliphatic rings.